The summed E-state index contributed by atoms with van der Waals surface area (Å²) < 4.78 is 0. The fourth-order valence-electron chi connectivity index (χ4n) is 3.53. The molecule has 1 fully saturated rings. The van der Waals surface area contributed by atoms with Crippen molar-refractivity contribution in [2.75, 3.05) is 18.0 Å². The Kier molecular flexibility index (Phi) is 5.56. The molecule has 0 aliphatic carbocycles. The molecule has 136 valence electrons. The van der Waals surface area contributed by atoms with Crippen molar-refractivity contribution >= 4 is 17.6 Å². The molecule has 0 atom stereocenters. The Balaban J connectivity index is 1.62. The lowest BCUT2D eigenvalue weighted by Crippen LogP contribution is -2.46. The Morgan fingerprint density at radius 3 is 2.19 bits per heavy atom. The minimum absolute atomic E-state index is 0.109. The van der Waals surface area contributed by atoms with Gasteiger partial charge in [0.15, 0.2) is 0 Å². The average Bonchev–Trinajstić information content (AvgIpc) is 2.67. The molecule has 1 N–H and O–H groups in total. The van der Waals surface area contributed by atoms with E-state index in [4.69, 9.17) is 5.11 Å². The second kappa shape index (κ2) is 8.04. The van der Waals surface area contributed by atoms with Gasteiger partial charge in [-0.1, -0.05) is 30.3 Å². The highest BCUT2D eigenvalue weighted by Gasteiger charge is 2.26. The third kappa shape index (κ3) is 4.23. The molecule has 0 saturated carbocycles. The van der Waals surface area contributed by atoms with Crippen molar-refractivity contribution in [3.63, 3.8) is 0 Å². The van der Waals surface area contributed by atoms with E-state index < -0.39 is 5.97 Å². The van der Waals surface area contributed by atoms with E-state index in [0.717, 1.165) is 37.2 Å². The van der Waals surface area contributed by atoms with Gasteiger partial charge >= 0.3 is 5.97 Å². The summed E-state index contributed by atoms with van der Waals surface area (Å²) in [5, 5.41) is 9.00. The molecule has 3 rings (SSSR count). The smallest absolute Gasteiger partial charge is 0.335 e. The number of hydrogen-bond acceptors (Lipinski definition) is 3. The van der Waals surface area contributed by atoms with Gasteiger partial charge in [-0.3, -0.25) is 4.79 Å². The number of piperidine rings is 1. The van der Waals surface area contributed by atoms with Crippen LogP contribution in [0.2, 0.25) is 0 Å². The van der Waals surface area contributed by atoms with Crippen molar-refractivity contribution in [2.24, 2.45) is 0 Å². The van der Waals surface area contributed by atoms with E-state index in [9.17, 15) is 9.59 Å². The van der Waals surface area contributed by atoms with Crippen LogP contribution in [0.1, 0.15) is 35.7 Å². The lowest BCUT2D eigenvalue weighted by Gasteiger charge is -2.39. The molecule has 1 aliphatic heterocycles. The van der Waals surface area contributed by atoms with Gasteiger partial charge < -0.3 is 14.9 Å². The molecule has 5 heteroatoms. The topological polar surface area (TPSA) is 60.9 Å². The molecule has 5 nitrogen and oxygen atoms in total. The number of aromatic carboxylic acids is 1. The van der Waals surface area contributed by atoms with Crippen molar-refractivity contribution in [3.05, 3.63) is 65.7 Å². The summed E-state index contributed by atoms with van der Waals surface area (Å²) in [6, 6.07) is 17.3. The molecule has 0 spiro atoms. The number of hydrogen-bond donors (Lipinski definition) is 1. The molecule has 26 heavy (non-hydrogen) atoms. The van der Waals surface area contributed by atoms with Crippen LogP contribution in [0, 0.1) is 0 Å². The monoisotopic (exact) mass is 352 g/mol. The standard InChI is InChI=1S/C21H24N2O3/c1-16(24)23(15-17-5-3-2-4-6-17)20-11-13-22(14-12-20)19-9-7-18(8-10-19)21(25)26/h2-10,20H,11-15H2,1H3,(H,25,26). The quantitative estimate of drug-likeness (QED) is 0.896. The summed E-state index contributed by atoms with van der Waals surface area (Å²) in [7, 11) is 0. The molecular weight excluding hydrogens is 328 g/mol. The van der Waals surface area contributed by atoms with Gasteiger partial charge in [-0.15, -0.1) is 0 Å². The van der Waals surface area contributed by atoms with Crippen LogP contribution >= 0.6 is 0 Å². The highest BCUT2D eigenvalue weighted by atomic mass is 16.4. The number of benzene rings is 2. The maximum atomic E-state index is 12.2. The first-order valence-electron chi connectivity index (χ1n) is 8.94. The number of carbonyl (C=O) groups is 2. The molecule has 1 saturated heterocycles. The predicted molar refractivity (Wildman–Crippen MR) is 101 cm³/mol. The van der Waals surface area contributed by atoms with Crippen molar-refractivity contribution in [1.82, 2.24) is 4.90 Å². The summed E-state index contributed by atoms with van der Waals surface area (Å²) in [5.74, 6) is -0.800. The number of amides is 1. The van der Waals surface area contributed by atoms with E-state index in [1.54, 1.807) is 19.1 Å². The summed E-state index contributed by atoms with van der Waals surface area (Å²) in [6.07, 6.45) is 1.82. The van der Waals surface area contributed by atoms with Crippen LogP contribution in [0.5, 0.6) is 0 Å². The Morgan fingerprint density at radius 1 is 1.04 bits per heavy atom. The van der Waals surface area contributed by atoms with Crippen LogP contribution in [-0.4, -0.2) is 41.0 Å². The molecule has 0 aromatic heterocycles. The Labute approximate surface area is 153 Å². The highest BCUT2D eigenvalue weighted by Crippen LogP contribution is 2.24. The molecule has 2 aromatic rings. The van der Waals surface area contributed by atoms with Gasteiger partial charge in [0, 0.05) is 38.3 Å². The van der Waals surface area contributed by atoms with Gasteiger partial charge in [-0.25, -0.2) is 4.79 Å². The van der Waals surface area contributed by atoms with Crippen LogP contribution in [0.4, 0.5) is 5.69 Å². The van der Waals surface area contributed by atoms with Crippen molar-refractivity contribution in [1.29, 1.82) is 0 Å². The fraction of sp³-hybridized carbons (Fsp3) is 0.333. The van der Waals surface area contributed by atoms with Crippen LogP contribution in [-0.2, 0) is 11.3 Å². The maximum absolute atomic E-state index is 12.2. The number of rotatable bonds is 5. The lowest BCUT2D eigenvalue weighted by atomic mass is 10.0. The minimum Gasteiger partial charge on any atom is -0.478 e. The fourth-order valence-corrected chi connectivity index (χ4v) is 3.53. The van der Waals surface area contributed by atoms with Gasteiger partial charge in [0.2, 0.25) is 5.91 Å². The number of carboxylic acid groups (broad SMARTS) is 1. The molecule has 2 aromatic carbocycles. The van der Waals surface area contributed by atoms with E-state index in [1.807, 2.05) is 35.2 Å². The van der Waals surface area contributed by atoms with E-state index in [2.05, 4.69) is 17.0 Å². The summed E-state index contributed by atoms with van der Waals surface area (Å²) in [5.41, 5.74) is 2.48. The first kappa shape index (κ1) is 18.0. The van der Waals surface area contributed by atoms with E-state index >= 15 is 0 Å². The van der Waals surface area contributed by atoms with Gasteiger partial charge in [-0.05, 0) is 42.7 Å². The summed E-state index contributed by atoms with van der Waals surface area (Å²) in [6.45, 7) is 4.00. The van der Waals surface area contributed by atoms with E-state index in [0.29, 0.717) is 12.1 Å². The SMILES string of the molecule is CC(=O)N(Cc1ccccc1)C1CCN(c2ccc(C(=O)O)cc2)CC1. The zero-order valence-electron chi connectivity index (χ0n) is 15.0. The van der Waals surface area contributed by atoms with Crippen LogP contribution in [0.25, 0.3) is 0 Å². The average molecular weight is 352 g/mol. The number of nitrogens with zero attached hydrogens (tertiary/aromatic N) is 2. The molecule has 1 heterocycles. The zero-order chi connectivity index (χ0) is 18.5. The molecule has 1 amide bonds. The largest absolute Gasteiger partial charge is 0.478 e. The Hall–Kier alpha value is -2.82. The van der Waals surface area contributed by atoms with Gasteiger partial charge in [0.25, 0.3) is 0 Å². The molecule has 1 aliphatic rings. The number of carbonyl (C=O) groups excluding carboxylic acids is 1. The van der Waals surface area contributed by atoms with Crippen LogP contribution in [0.15, 0.2) is 54.6 Å². The molecular formula is C21H24N2O3. The first-order chi connectivity index (χ1) is 12.5. The van der Waals surface area contributed by atoms with E-state index in [1.165, 1.54) is 0 Å². The normalized spacial score (nSPS) is 14.9. The third-order valence-electron chi connectivity index (χ3n) is 4.98. The number of anilines is 1. The third-order valence-corrected chi connectivity index (χ3v) is 4.98. The lowest BCUT2D eigenvalue weighted by molar-refractivity contribution is -0.132. The van der Waals surface area contributed by atoms with Crippen molar-refractivity contribution < 1.29 is 14.7 Å². The molecule has 0 radical (unpaired) electrons. The van der Waals surface area contributed by atoms with Crippen molar-refractivity contribution in [3.8, 4) is 0 Å². The minimum atomic E-state index is -0.909. The first-order valence-corrected chi connectivity index (χ1v) is 8.94. The second-order valence-corrected chi connectivity index (χ2v) is 6.70. The predicted octanol–water partition coefficient (Wildman–Crippen LogP) is 3.40. The zero-order valence-corrected chi connectivity index (χ0v) is 15.0. The Bertz CT molecular complexity index is 751. The maximum Gasteiger partial charge on any atom is 0.335 e. The molecule has 0 unspecified atom stereocenters. The van der Waals surface area contributed by atoms with Crippen molar-refractivity contribution in [2.45, 2.75) is 32.4 Å². The van der Waals surface area contributed by atoms with Gasteiger partial charge in [-0.2, -0.15) is 0 Å². The highest BCUT2D eigenvalue weighted by molar-refractivity contribution is 5.88. The van der Waals surface area contributed by atoms with Gasteiger partial charge in [0.1, 0.15) is 0 Å². The van der Waals surface area contributed by atoms with Crippen LogP contribution < -0.4 is 4.90 Å². The van der Waals surface area contributed by atoms with E-state index in [-0.39, 0.29) is 11.9 Å². The summed E-state index contributed by atoms with van der Waals surface area (Å²) in [4.78, 5) is 27.4. The van der Waals surface area contributed by atoms with Gasteiger partial charge in [0.05, 0.1) is 5.56 Å². The van der Waals surface area contributed by atoms with Crippen LogP contribution in [0.3, 0.4) is 0 Å². The number of carboxylic acids is 1. The summed E-state index contributed by atoms with van der Waals surface area (Å²) >= 11 is 0. The second-order valence-electron chi connectivity index (χ2n) is 6.70. The Morgan fingerprint density at radius 2 is 1.65 bits per heavy atom. The molecule has 0 bridgehead atoms.